The van der Waals surface area contributed by atoms with Gasteiger partial charge in [-0.1, -0.05) is 45.4 Å². The number of halogens is 1. The van der Waals surface area contributed by atoms with E-state index in [0.29, 0.717) is 0 Å². The maximum absolute atomic E-state index is 15.3. The Hall–Kier alpha value is -0.580. The van der Waals surface area contributed by atoms with Crippen molar-refractivity contribution in [2.45, 2.75) is 102 Å². The molecule has 0 saturated heterocycles. The van der Waals surface area contributed by atoms with E-state index in [2.05, 4.69) is 13.0 Å². The van der Waals surface area contributed by atoms with E-state index in [-0.39, 0.29) is 11.8 Å². The predicted octanol–water partition coefficient (Wildman–Crippen LogP) is 6.58. The number of hydrogen-bond donors (Lipinski definition) is 0. The van der Waals surface area contributed by atoms with Crippen molar-refractivity contribution in [3.05, 3.63) is 0 Å². The van der Waals surface area contributed by atoms with Crippen molar-refractivity contribution in [3.63, 3.8) is 0 Å². The van der Waals surface area contributed by atoms with E-state index in [4.69, 9.17) is 5.26 Å². The molecule has 2 aliphatic carbocycles. The number of unbranched alkanes of at least 4 members (excludes halogenated alkanes) is 4. The van der Waals surface area contributed by atoms with Crippen LogP contribution in [0.3, 0.4) is 0 Å². The molecule has 1 nitrogen and oxygen atoms in total. The van der Waals surface area contributed by atoms with Gasteiger partial charge in [0.15, 0.2) is 0 Å². The molecule has 0 aromatic carbocycles. The largest absolute Gasteiger partial charge is 0.244 e. The van der Waals surface area contributed by atoms with Gasteiger partial charge in [-0.2, -0.15) is 5.26 Å². The van der Waals surface area contributed by atoms with Crippen molar-refractivity contribution in [2.75, 3.05) is 0 Å². The monoisotopic (exact) mass is 307 g/mol. The zero-order valence-electron chi connectivity index (χ0n) is 14.5. The second-order valence-electron chi connectivity index (χ2n) is 7.86. The lowest BCUT2D eigenvalue weighted by Crippen LogP contribution is -2.39. The fourth-order valence-corrected chi connectivity index (χ4v) is 4.63. The fraction of sp³-hybridized carbons (Fsp3) is 0.950. The molecule has 22 heavy (non-hydrogen) atoms. The van der Waals surface area contributed by atoms with Crippen LogP contribution >= 0.6 is 0 Å². The van der Waals surface area contributed by atoms with Gasteiger partial charge in [-0.15, -0.1) is 0 Å². The molecule has 0 N–H and O–H groups in total. The van der Waals surface area contributed by atoms with E-state index in [1.54, 1.807) is 0 Å². The molecule has 0 radical (unpaired) electrons. The van der Waals surface area contributed by atoms with Crippen molar-refractivity contribution >= 4 is 0 Å². The first-order chi connectivity index (χ1) is 10.7. The third-order valence-electron chi connectivity index (χ3n) is 6.29. The second-order valence-corrected chi connectivity index (χ2v) is 7.86. The van der Waals surface area contributed by atoms with Crippen LogP contribution in [0.2, 0.25) is 0 Å². The summed E-state index contributed by atoms with van der Waals surface area (Å²) in [6.45, 7) is 2.26. The van der Waals surface area contributed by atoms with Gasteiger partial charge in [0, 0.05) is 5.92 Å². The molecule has 2 rings (SSSR count). The van der Waals surface area contributed by atoms with Crippen LogP contribution in [0.25, 0.3) is 0 Å². The molecule has 0 aliphatic heterocycles. The van der Waals surface area contributed by atoms with Crippen LogP contribution in [0.4, 0.5) is 4.39 Å². The SMILES string of the molecule is CCCCCCCC1CCC(F)([C@H]2CC[C@H](C#N)CC2)CC1. The molecule has 0 aromatic rings. The van der Waals surface area contributed by atoms with Crippen LogP contribution in [0.15, 0.2) is 0 Å². The number of rotatable bonds is 7. The van der Waals surface area contributed by atoms with Crippen molar-refractivity contribution < 1.29 is 4.39 Å². The Morgan fingerprint density at radius 2 is 1.59 bits per heavy atom. The molecular formula is C20H34FN. The molecule has 2 aliphatic rings. The minimum Gasteiger partial charge on any atom is -0.244 e. The van der Waals surface area contributed by atoms with Gasteiger partial charge < -0.3 is 0 Å². The van der Waals surface area contributed by atoms with Crippen molar-refractivity contribution in [1.29, 1.82) is 5.26 Å². The Kier molecular flexibility index (Phi) is 7.19. The number of alkyl halides is 1. The Balaban J connectivity index is 1.66. The molecular weight excluding hydrogens is 273 g/mol. The first-order valence-electron chi connectivity index (χ1n) is 9.76. The molecule has 2 saturated carbocycles. The van der Waals surface area contributed by atoms with Gasteiger partial charge in [-0.25, -0.2) is 4.39 Å². The summed E-state index contributed by atoms with van der Waals surface area (Å²) >= 11 is 0. The average Bonchev–Trinajstić information content (AvgIpc) is 2.56. The van der Waals surface area contributed by atoms with Crippen LogP contribution in [-0.2, 0) is 0 Å². The maximum atomic E-state index is 15.3. The van der Waals surface area contributed by atoms with Gasteiger partial charge in [0.05, 0.1) is 6.07 Å². The van der Waals surface area contributed by atoms with Crippen LogP contribution in [0, 0.1) is 29.1 Å². The van der Waals surface area contributed by atoms with Gasteiger partial charge >= 0.3 is 0 Å². The second kappa shape index (κ2) is 8.90. The average molecular weight is 307 g/mol. The van der Waals surface area contributed by atoms with E-state index in [1.807, 2.05) is 0 Å². The minimum atomic E-state index is -0.904. The van der Waals surface area contributed by atoms with Gasteiger partial charge in [0.2, 0.25) is 0 Å². The molecule has 0 amide bonds. The fourth-order valence-electron chi connectivity index (χ4n) is 4.63. The zero-order chi connectivity index (χ0) is 15.8. The normalized spacial score (nSPS) is 36.0. The number of nitriles is 1. The number of hydrogen-bond acceptors (Lipinski definition) is 1. The van der Waals surface area contributed by atoms with Crippen LogP contribution in [0.5, 0.6) is 0 Å². The lowest BCUT2D eigenvalue weighted by molar-refractivity contribution is 0.000715. The third-order valence-corrected chi connectivity index (χ3v) is 6.29. The quantitative estimate of drug-likeness (QED) is 0.488. The highest BCUT2D eigenvalue weighted by atomic mass is 19.1. The van der Waals surface area contributed by atoms with Gasteiger partial charge in [0.1, 0.15) is 5.67 Å². The lowest BCUT2D eigenvalue weighted by atomic mass is 9.67. The molecule has 2 fully saturated rings. The zero-order valence-corrected chi connectivity index (χ0v) is 14.5. The topological polar surface area (TPSA) is 23.8 Å². The van der Waals surface area contributed by atoms with E-state index < -0.39 is 5.67 Å². The van der Waals surface area contributed by atoms with Crippen LogP contribution in [-0.4, -0.2) is 5.67 Å². The van der Waals surface area contributed by atoms with Crippen molar-refractivity contribution in [1.82, 2.24) is 0 Å². The molecule has 126 valence electrons. The van der Waals surface area contributed by atoms with E-state index in [0.717, 1.165) is 57.3 Å². The molecule has 2 heteroatoms. The summed E-state index contributed by atoms with van der Waals surface area (Å²) in [5.74, 6) is 1.21. The summed E-state index contributed by atoms with van der Waals surface area (Å²) in [4.78, 5) is 0. The number of nitrogens with zero attached hydrogens (tertiary/aromatic N) is 1. The summed E-state index contributed by atoms with van der Waals surface area (Å²) in [6.07, 6.45) is 15.6. The van der Waals surface area contributed by atoms with Gasteiger partial charge in [-0.05, 0) is 63.2 Å². The van der Waals surface area contributed by atoms with Crippen LogP contribution < -0.4 is 0 Å². The first-order valence-corrected chi connectivity index (χ1v) is 9.76. The third kappa shape index (κ3) is 4.97. The minimum absolute atomic E-state index is 0.194. The highest BCUT2D eigenvalue weighted by Gasteiger charge is 2.43. The summed E-state index contributed by atoms with van der Waals surface area (Å²) in [5, 5.41) is 8.98. The van der Waals surface area contributed by atoms with Crippen molar-refractivity contribution in [2.24, 2.45) is 17.8 Å². The standard InChI is InChI=1S/C20H34FN/c1-2-3-4-5-6-7-17-12-14-20(21,15-13-17)19-10-8-18(16-22)9-11-19/h17-19H,2-15H2,1H3/t17?,18-,19-,20?. The van der Waals surface area contributed by atoms with Crippen LogP contribution in [0.1, 0.15) is 96.8 Å². The summed E-state index contributed by atoms with van der Waals surface area (Å²) in [5.41, 5.74) is -0.904. The molecule has 0 aromatic heterocycles. The van der Waals surface area contributed by atoms with E-state index >= 15 is 4.39 Å². The molecule has 0 atom stereocenters. The molecule has 0 heterocycles. The van der Waals surface area contributed by atoms with E-state index in [9.17, 15) is 0 Å². The van der Waals surface area contributed by atoms with Crippen molar-refractivity contribution in [3.8, 4) is 6.07 Å². The Labute approximate surface area is 136 Å². The smallest absolute Gasteiger partial charge is 0.113 e. The first kappa shape index (κ1) is 17.8. The summed E-state index contributed by atoms with van der Waals surface area (Å²) in [7, 11) is 0. The highest BCUT2D eigenvalue weighted by molar-refractivity contribution is 4.96. The Bertz CT molecular complexity index is 343. The van der Waals surface area contributed by atoms with Gasteiger partial charge in [0.25, 0.3) is 0 Å². The van der Waals surface area contributed by atoms with E-state index in [1.165, 1.54) is 38.5 Å². The molecule has 0 unspecified atom stereocenters. The molecule has 0 spiro atoms. The Morgan fingerprint density at radius 1 is 0.955 bits per heavy atom. The lowest BCUT2D eigenvalue weighted by Gasteiger charge is -2.42. The molecule has 0 bridgehead atoms. The Morgan fingerprint density at radius 3 is 2.18 bits per heavy atom. The summed E-state index contributed by atoms with van der Waals surface area (Å²) in [6, 6.07) is 2.36. The van der Waals surface area contributed by atoms with Gasteiger partial charge in [-0.3, -0.25) is 0 Å². The summed E-state index contributed by atoms with van der Waals surface area (Å²) < 4.78 is 15.3. The maximum Gasteiger partial charge on any atom is 0.113 e. The predicted molar refractivity (Wildman–Crippen MR) is 90.2 cm³/mol. The highest BCUT2D eigenvalue weighted by Crippen LogP contribution is 2.47.